The molecule has 2 amide bonds. The van der Waals surface area contributed by atoms with Crippen LogP contribution in [0, 0.1) is 0 Å². The first kappa shape index (κ1) is 13.2. The van der Waals surface area contributed by atoms with E-state index in [4.69, 9.17) is 10.5 Å². The highest BCUT2D eigenvalue weighted by Gasteiger charge is 2.26. The summed E-state index contributed by atoms with van der Waals surface area (Å²) in [6.45, 7) is 0.746. The molecule has 1 heterocycles. The van der Waals surface area contributed by atoms with E-state index in [1.807, 2.05) is 0 Å². The number of nitrogen functional groups attached to an aromatic ring is 1. The van der Waals surface area contributed by atoms with Crippen molar-refractivity contribution in [2.45, 2.75) is 18.9 Å². The monoisotopic (exact) mass is 263 g/mol. The van der Waals surface area contributed by atoms with E-state index in [0.717, 1.165) is 0 Å². The van der Waals surface area contributed by atoms with Gasteiger partial charge in [0.15, 0.2) is 0 Å². The average molecular weight is 263 g/mol. The Morgan fingerprint density at radius 1 is 1.53 bits per heavy atom. The average Bonchev–Trinajstić information content (AvgIpc) is 2.81. The van der Waals surface area contributed by atoms with Crippen molar-refractivity contribution in [2.75, 3.05) is 18.9 Å². The van der Waals surface area contributed by atoms with Crippen LogP contribution in [0.4, 0.5) is 5.69 Å². The third-order valence-electron chi connectivity index (χ3n) is 2.84. The molecule has 0 aliphatic carbocycles. The standard InChI is InChI=1S/C13H17N3O3/c14-9-2-1-3-10(8-9)19-7-6-15-13(18)11-4-5-12(17)16-11/h1-3,8,11H,4-7,14H2,(H,15,18)(H,16,17)/t11-/m1/s1. The van der Waals surface area contributed by atoms with Gasteiger partial charge < -0.3 is 21.1 Å². The first-order chi connectivity index (χ1) is 9.15. The van der Waals surface area contributed by atoms with Gasteiger partial charge in [-0.15, -0.1) is 0 Å². The molecule has 19 heavy (non-hydrogen) atoms. The lowest BCUT2D eigenvalue weighted by Gasteiger charge is -2.11. The summed E-state index contributed by atoms with van der Waals surface area (Å²) in [7, 11) is 0. The molecule has 1 aromatic rings. The molecule has 0 spiro atoms. The first-order valence-corrected chi connectivity index (χ1v) is 6.20. The Morgan fingerprint density at radius 2 is 2.37 bits per heavy atom. The summed E-state index contributed by atoms with van der Waals surface area (Å²) in [5, 5.41) is 5.33. The summed E-state index contributed by atoms with van der Waals surface area (Å²) in [5.74, 6) is 0.432. The lowest BCUT2D eigenvalue weighted by Crippen LogP contribution is -2.42. The summed E-state index contributed by atoms with van der Waals surface area (Å²) in [5.41, 5.74) is 6.25. The molecule has 1 saturated heterocycles. The van der Waals surface area contributed by atoms with Crippen LogP contribution in [0.5, 0.6) is 5.75 Å². The zero-order chi connectivity index (χ0) is 13.7. The molecule has 1 atom stereocenters. The number of rotatable bonds is 5. The van der Waals surface area contributed by atoms with Gasteiger partial charge in [-0.2, -0.15) is 0 Å². The van der Waals surface area contributed by atoms with E-state index in [2.05, 4.69) is 10.6 Å². The zero-order valence-corrected chi connectivity index (χ0v) is 10.5. The number of benzene rings is 1. The summed E-state index contributed by atoms with van der Waals surface area (Å²) in [4.78, 5) is 22.6. The number of hydrogen-bond acceptors (Lipinski definition) is 4. The topological polar surface area (TPSA) is 93.4 Å². The fourth-order valence-corrected chi connectivity index (χ4v) is 1.88. The second-order valence-corrected chi connectivity index (χ2v) is 4.37. The van der Waals surface area contributed by atoms with Crippen LogP contribution in [0.25, 0.3) is 0 Å². The third kappa shape index (κ3) is 3.87. The Morgan fingerprint density at radius 3 is 3.05 bits per heavy atom. The van der Waals surface area contributed by atoms with Gasteiger partial charge in [0.2, 0.25) is 11.8 Å². The van der Waals surface area contributed by atoms with Crippen LogP contribution in [0.3, 0.4) is 0 Å². The molecule has 0 unspecified atom stereocenters. The normalized spacial score (nSPS) is 17.9. The number of ether oxygens (including phenoxy) is 1. The molecule has 6 nitrogen and oxygen atoms in total. The van der Waals surface area contributed by atoms with Gasteiger partial charge in [-0.25, -0.2) is 0 Å². The number of nitrogens with two attached hydrogens (primary N) is 1. The smallest absolute Gasteiger partial charge is 0.242 e. The first-order valence-electron chi connectivity index (χ1n) is 6.20. The number of hydrogen-bond donors (Lipinski definition) is 3. The molecule has 4 N–H and O–H groups in total. The van der Waals surface area contributed by atoms with E-state index in [9.17, 15) is 9.59 Å². The molecule has 6 heteroatoms. The Labute approximate surface area is 111 Å². The summed E-state index contributed by atoms with van der Waals surface area (Å²) in [6, 6.07) is 6.70. The summed E-state index contributed by atoms with van der Waals surface area (Å²) in [6.07, 6.45) is 0.971. The molecule has 2 rings (SSSR count). The fourth-order valence-electron chi connectivity index (χ4n) is 1.88. The molecule has 0 radical (unpaired) electrons. The molecule has 0 saturated carbocycles. The van der Waals surface area contributed by atoms with Crippen LogP contribution in [0.1, 0.15) is 12.8 Å². The Kier molecular flexibility index (Phi) is 4.22. The molecule has 0 aromatic heterocycles. The van der Waals surface area contributed by atoms with E-state index < -0.39 is 6.04 Å². The molecular weight excluding hydrogens is 246 g/mol. The van der Waals surface area contributed by atoms with Gasteiger partial charge in [-0.05, 0) is 18.6 Å². The predicted molar refractivity (Wildman–Crippen MR) is 70.5 cm³/mol. The molecule has 0 bridgehead atoms. The van der Waals surface area contributed by atoms with Gasteiger partial charge in [0, 0.05) is 18.2 Å². The van der Waals surface area contributed by atoms with Gasteiger partial charge in [0.25, 0.3) is 0 Å². The molecule has 1 fully saturated rings. The highest BCUT2D eigenvalue weighted by Crippen LogP contribution is 2.13. The fraction of sp³-hybridized carbons (Fsp3) is 0.385. The van der Waals surface area contributed by atoms with Crippen molar-refractivity contribution in [2.24, 2.45) is 0 Å². The minimum atomic E-state index is -0.403. The maximum absolute atomic E-state index is 11.7. The molecule has 1 aromatic carbocycles. The highest BCUT2D eigenvalue weighted by atomic mass is 16.5. The number of carbonyl (C=O) groups excluding carboxylic acids is 2. The summed E-state index contributed by atoms with van der Waals surface area (Å²) >= 11 is 0. The van der Waals surface area contributed by atoms with Crippen molar-refractivity contribution in [1.82, 2.24) is 10.6 Å². The maximum Gasteiger partial charge on any atom is 0.242 e. The van der Waals surface area contributed by atoms with E-state index in [-0.39, 0.29) is 11.8 Å². The van der Waals surface area contributed by atoms with Crippen LogP contribution in [0.2, 0.25) is 0 Å². The lowest BCUT2D eigenvalue weighted by molar-refractivity contribution is -0.125. The van der Waals surface area contributed by atoms with Gasteiger partial charge in [-0.3, -0.25) is 9.59 Å². The van der Waals surface area contributed by atoms with Crippen LogP contribution in [0.15, 0.2) is 24.3 Å². The Bertz CT molecular complexity index is 476. The Hall–Kier alpha value is -2.24. The second kappa shape index (κ2) is 6.08. The molecule has 1 aliphatic heterocycles. The van der Waals surface area contributed by atoms with Crippen molar-refractivity contribution in [3.8, 4) is 5.75 Å². The van der Waals surface area contributed by atoms with Gasteiger partial charge in [0.05, 0.1) is 6.54 Å². The van der Waals surface area contributed by atoms with Crippen molar-refractivity contribution in [1.29, 1.82) is 0 Å². The summed E-state index contributed by atoms with van der Waals surface area (Å²) < 4.78 is 5.44. The van der Waals surface area contributed by atoms with Crippen LogP contribution in [-0.2, 0) is 9.59 Å². The lowest BCUT2D eigenvalue weighted by atomic mass is 10.2. The second-order valence-electron chi connectivity index (χ2n) is 4.37. The van der Waals surface area contributed by atoms with Crippen molar-refractivity contribution < 1.29 is 14.3 Å². The largest absolute Gasteiger partial charge is 0.492 e. The van der Waals surface area contributed by atoms with Crippen molar-refractivity contribution >= 4 is 17.5 Å². The van der Waals surface area contributed by atoms with Gasteiger partial charge in [0.1, 0.15) is 18.4 Å². The SMILES string of the molecule is Nc1cccc(OCCNC(=O)[C@H]2CCC(=O)N2)c1. The number of nitrogens with one attached hydrogen (secondary N) is 2. The van der Waals surface area contributed by atoms with E-state index in [0.29, 0.717) is 37.4 Å². The van der Waals surface area contributed by atoms with Gasteiger partial charge in [-0.1, -0.05) is 6.07 Å². The van der Waals surface area contributed by atoms with E-state index in [1.165, 1.54) is 0 Å². The quantitative estimate of drug-likeness (QED) is 0.516. The van der Waals surface area contributed by atoms with Crippen molar-refractivity contribution in [3.05, 3.63) is 24.3 Å². The maximum atomic E-state index is 11.7. The minimum absolute atomic E-state index is 0.0730. The number of carbonyl (C=O) groups is 2. The Balaban J connectivity index is 1.66. The number of anilines is 1. The molecular formula is C13H17N3O3. The van der Waals surface area contributed by atoms with Gasteiger partial charge >= 0.3 is 0 Å². The number of amides is 2. The zero-order valence-electron chi connectivity index (χ0n) is 10.5. The highest BCUT2D eigenvalue weighted by molar-refractivity contribution is 5.90. The predicted octanol–water partition coefficient (Wildman–Crippen LogP) is 0.0424. The van der Waals surface area contributed by atoms with Crippen molar-refractivity contribution in [3.63, 3.8) is 0 Å². The van der Waals surface area contributed by atoms with Crippen LogP contribution in [-0.4, -0.2) is 31.0 Å². The van der Waals surface area contributed by atoms with Crippen LogP contribution >= 0.6 is 0 Å². The molecule has 1 aliphatic rings. The molecule has 102 valence electrons. The van der Waals surface area contributed by atoms with Crippen LogP contribution < -0.4 is 21.1 Å². The minimum Gasteiger partial charge on any atom is -0.492 e. The van der Waals surface area contributed by atoms with E-state index in [1.54, 1.807) is 24.3 Å². The third-order valence-corrected chi connectivity index (χ3v) is 2.84. The van der Waals surface area contributed by atoms with E-state index >= 15 is 0 Å².